The summed E-state index contributed by atoms with van der Waals surface area (Å²) in [5.74, 6) is -9.21. The van der Waals surface area contributed by atoms with E-state index >= 15 is 0 Å². The lowest BCUT2D eigenvalue weighted by Crippen LogP contribution is -2.54. The normalized spacial score (nSPS) is 14.9. The first-order valence-corrected chi connectivity index (χ1v) is 4.50. The number of esters is 1. The second kappa shape index (κ2) is 5.75. The van der Waals surface area contributed by atoms with E-state index in [1.165, 1.54) is 0 Å². The van der Waals surface area contributed by atoms with Crippen LogP contribution in [0.4, 0.5) is 0 Å². The van der Waals surface area contributed by atoms with Gasteiger partial charge < -0.3 is 24.9 Å². The summed E-state index contributed by atoms with van der Waals surface area (Å²) in [4.78, 5) is 53.8. The van der Waals surface area contributed by atoms with E-state index < -0.39 is 41.8 Å². The van der Waals surface area contributed by atoms with E-state index in [1.807, 2.05) is 0 Å². The SMILES string of the molecule is CC(=O)OC(CC(=O)O)(C(=O)O)C(C=O)C(=O)O. The van der Waals surface area contributed by atoms with Crippen LogP contribution in [0, 0.1) is 5.92 Å². The third-order valence-corrected chi connectivity index (χ3v) is 2.01. The molecule has 0 amide bonds. The highest BCUT2D eigenvalue weighted by atomic mass is 16.6. The number of ether oxygens (including phenoxy) is 1. The molecule has 9 nitrogen and oxygen atoms in total. The Morgan fingerprint density at radius 3 is 1.94 bits per heavy atom. The Morgan fingerprint density at radius 1 is 1.22 bits per heavy atom. The van der Waals surface area contributed by atoms with Crippen molar-refractivity contribution in [1.29, 1.82) is 0 Å². The van der Waals surface area contributed by atoms with Crippen molar-refractivity contribution in [2.24, 2.45) is 5.92 Å². The standard InChI is InChI=1S/C9H10O9/c1-4(11)18-9(8(16)17,2-6(12)13)5(3-10)7(14)15/h3,5H,2H2,1H3,(H,12,13)(H,14,15)(H,16,17). The maximum Gasteiger partial charge on any atom is 0.350 e. The molecule has 0 aromatic heterocycles. The highest BCUT2D eigenvalue weighted by Crippen LogP contribution is 2.27. The Labute approximate surface area is 100.0 Å². The number of carbonyl (C=O) groups excluding carboxylic acids is 2. The van der Waals surface area contributed by atoms with E-state index in [9.17, 15) is 24.0 Å². The highest BCUT2D eigenvalue weighted by Gasteiger charge is 2.55. The molecule has 0 fully saturated rings. The first-order valence-electron chi connectivity index (χ1n) is 4.50. The van der Waals surface area contributed by atoms with Crippen molar-refractivity contribution >= 4 is 30.2 Å². The van der Waals surface area contributed by atoms with Gasteiger partial charge in [0.15, 0.2) is 5.92 Å². The van der Waals surface area contributed by atoms with E-state index in [1.54, 1.807) is 0 Å². The maximum absolute atomic E-state index is 11.0. The molecule has 0 aliphatic heterocycles. The second-order valence-corrected chi connectivity index (χ2v) is 3.31. The second-order valence-electron chi connectivity index (χ2n) is 3.31. The predicted octanol–water partition coefficient (Wildman–Crippen LogP) is -1.25. The Morgan fingerprint density at radius 2 is 1.72 bits per heavy atom. The smallest absolute Gasteiger partial charge is 0.350 e. The van der Waals surface area contributed by atoms with Gasteiger partial charge in [0, 0.05) is 6.92 Å². The van der Waals surface area contributed by atoms with Gasteiger partial charge in [0.25, 0.3) is 0 Å². The lowest BCUT2D eigenvalue weighted by molar-refractivity contribution is -0.192. The number of carboxylic acids is 3. The molecule has 0 aromatic carbocycles. The molecule has 18 heavy (non-hydrogen) atoms. The van der Waals surface area contributed by atoms with Gasteiger partial charge in [-0.1, -0.05) is 0 Å². The largest absolute Gasteiger partial charge is 0.481 e. The molecule has 0 spiro atoms. The van der Waals surface area contributed by atoms with Crippen LogP contribution in [0.2, 0.25) is 0 Å². The molecule has 2 atom stereocenters. The molecular formula is C9H10O9. The molecule has 9 heteroatoms. The molecule has 0 aliphatic carbocycles. The summed E-state index contributed by atoms with van der Waals surface area (Å²) in [6.45, 7) is 0.767. The monoisotopic (exact) mass is 262 g/mol. The quantitative estimate of drug-likeness (QED) is 0.289. The van der Waals surface area contributed by atoms with E-state index in [-0.39, 0.29) is 6.29 Å². The zero-order valence-electron chi connectivity index (χ0n) is 9.15. The first kappa shape index (κ1) is 15.6. The van der Waals surface area contributed by atoms with Crippen molar-refractivity contribution in [3.8, 4) is 0 Å². The summed E-state index contributed by atoms with van der Waals surface area (Å²) in [6, 6.07) is 0. The van der Waals surface area contributed by atoms with Gasteiger partial charge in [-0.2, -0.15) is 0 Å². The molecule has 0 rings (SSSR count). The van der Waals surface area contributed by atoms with Gasteiger partial charge in [-0.25, -0.2) is 4.79 Å². The van der Waals surface area contributed by atoms with Crippen molar-refractivity contribution in [3.63, 3.8) is 0 Å². The minimum Gasteiger partial charge on any atom is -0.481 e. The van der Waals surface area contributed by atoms with E-state index in [2.05, 4.69) is 4.74 Å². The fourth-order valence-electron chi connectivity index (χ4n) is 1.31. The Balaban J connectivity index is 5.78. The summed E-state index contributed by atoms with van der Waals surface area (Å²) in [6.07, 6.45) is -1.64. The van der Waals surface area contributed by atoms with Crippen molar-refractivity contribution in [3.05, 3.63) is 0 Å². The van der Waals surface area contributed by atoms with Gasteiger partial charge in [0.05, 0.1) is 6.42 Å². The zero-order valence-corrected chi connectivity index (χ0v) is 9.15. The van der Waals surface area contributed by atoms with Gasteiger partial charge in [0.1, 0.15) is 6.29 Å². The van der Waals surface area contributed by atoms with Crippen LogP contribution in [0.5, 0.6) is 0 Å². The fourth-order valence-corrected chi connectivity index (χ4v) is 1.31. The number of carbonyl (C=O) groups is 5. The predicted molar refractivity (Wildman–Crippen MR) is 51.6 cm³/mol. The molecule has 0 saturated heterocycles. The first-order chi connectivity index (χ1) is 8.17. The van der Waals surface area contributed by atoms with E-state index in [0.29, 0.717) is 0 Å². The molecule has 0 radical (unpaired) electrons. The van der Waals surface area contributed by atoms with Gasteiger partial charge in [0.2, 0.25) is 5.60 Å². The van der Waals surface area contributed by atoms with Crippen LogP contribution in [-0.4, -0.2) is 51.1 Å². The van der Waals surface area contributed by atoms with Crippen molar-refractivity contribution < 1.29 is 44.0 Å². The number of carboxylic acid groups (broad SMARTS) is 3. The number of rotatable bonds is 7. The third-order valence-electron chi connectivity index (χ3n) is 2.01. The summed E-state index contributed by atoms with van der Waals surface area (Å²) in [5, 5.41) is 26.2. The van der Waals surface area contributed by atoms with Crippen molar-refractivity contribution in [2.75, 3.05) is 0 Å². The maximum atomic E-state index is 11.0. The van der Waals surface area contributed by atoms with Crippen LogP contribution in [0.25, 0.3) is 0 Å². The summed E-state index contributed by atoms with van der Waals surface area (Å²) < 4.78 is 4.29. The van der Waals surface area contributed by atoms with E-state index in [0.717, 1.165) is 6.92 Å². The molecular weight excluding hydrogens is 252 g/mol. The van der Waals surface area contributed by atoms with Crippen LogP contribution in [0.1, 0.15) is 13.3 Å². The lowest BCUT2D eigenvalue weighted by atomic mass is 9.85. The minimum absolute atomic E-state index is 0.289. The van der Waals surface area contributed by atoms with Crippen LogP contribution in [0.15, 0.2) is 0 Å². The number of aldehydes is 1. The molecule has 0 bridgehead atoms. The summed E-state index contributed by atoms with van der Waals surface area (Å²) >= 11 is 0. The van der Waals surface area contributed by atoms with Crippen LogP contribution in [-0.2, 0) is 28.7 Å². The molecule has 3 N–H and O–H groups in total. The van der Waals surface area contributed by atoms with Crippen LogP contribution >= 0.6 is 0 Å². The zero-order chi connectivity index (χ0) is 14.5. The van der Waals surface area contributed by atoms with Crippen LogP contribution in [0.3, 0.4) is 0 Å². The molecule has 100 valence electrons. The van der Waals surface area contributed by atoms with Gasteiger partial charge in [-0.05, 0) is 0 Å². The number of hydrogen-bond donors (Lipinski definition) is 3. The Bertz CT molecular complexity index is 381. The van der Waals surface area contributed by atoms with Gasteiger partial charge in [-0.15, -0.1) is 0 Å². The third kappa shape index (κ3) is 3.27. The molecule has 2 unspecified atom stereocenters. The molecule has 0 heterocycles. The van der Waals surface area contributed by atoms with Gasteiger partial charge >= 0.3 is 23.9 Å². The average Bonchev–Trinajstić information content (AvgIpc) is 2.14. The van der Waals surface area contributed by atoms with E-state index in [4.69, 9.17) is 15.3 Å². The van der Waals surface area contributed by atoms with Crippen molar-refractivity contribution in [1.82, 2.24) is 0 Å². The topological polar surface area (TPSA) is 155 Å². The number of hydrogen-bond acceptors (Lipinski definition) is 6. The number of aliphatic carboxylic acids is 3. The van der Waals surface area contributed by atoms with Crippen LogP contribution < -0.4 is 0 Å². The highest BCUT2D eigenvalue weighted by molar-refractivity contribution is 5.99. The Hall–Kier alpha value is -2.45. The average molecular weight is 262 g/mol. The Kier molecular flexibility index (Phi) is 4.97. The summed E-state index contributed by atoms with van der Waals surface area (Å²) in [5.41, 5.74) is -2.97. The van der Waals surface area contributed by atoms with Crippen molar-refractivity contribution in [2.45, 2.75) is 18.9 Å². The minimum atomic E-state index is -2.97. The summed E-state index contributed by atoms with van der Waals surface area (Å²) in [7, 11) is 0. The molecule has 0 saturated carbocycles. The lowest BCUT2D eigenvalue weighted by Gasteiger charge is -2.29. The molecule has 0 aromatic rings. The fraction of sp³-hybridized carbons (Fsp3) is 0.444. The molecule has 0 aliphatic rings. The van der Waals surface area contributed by atoms with Gasteiger partial charge in [-0.3, -0.25) is 14.4 Å².